The summed E-state index contributed by atoms with van der Waals surface area (Å²) in [5, 5.41) is 2.53. The molecule has 0 unspecified atom stereocenters. The summed E-state index contributed by atoms with van der Waals surface area (Å²) in [6.07, 6.45) is -2.75. The molecule has 1 aromatic carbocycles. The lowest BCUT2D eigenvalue weighted by atomic mass is 10.1. The average molecular weight is 430 g/mol. The number of nitrogens with zero attached hydrogens (tertiary/aromatic N) is 2. The molecule has 0 heterocycles. The maximum Gasteiger partial charge on any atom is 0.416 e. The number of carbonyl (C=O) groups is 1. The number of aliphatic imine (C=N–C) groups is 1. The Morgan fingerprint density at radius 3 is 2.43 bits per heavy atom. The minimum Gasteiger partial charge on any atom is -0.465 e. The largest absolute Gasteiger partial charge is 0.465 e. The van der Waals surface area contributed by atoms with Crippen molar-refractivity contribution >= 4 is 11.9 Å². The molecule has 1 N–H and O–H groups in total. The first kappa shape index (κ1) is 25.9. The van der Waals surface area contributed by atoms with Gasteiger partial charge in [-0.25, -0.2) is 4.99 Å². The highest BCUT2D eigenvalue weighted by Gasteiger charge is 2.31. The Hall–Kier alpha value is -2.09. The van der Waals surface area contributed by atoms with Crippen LogP contribution in [0.2, 0.25) is 0 Å². The molecule has 1 amide bonds. The van der Waals surface area contributed by atoms with Gasteiger partial charge >= 0.3 is 6.18 Å². The molecule has 5 nitrogen and oxygen atoms in total. The van der Waals surface area contributed by atoms with Crippen molar-refractivity contribution in [2.45, 2.75) is 59.7 Å². The molecule has 30 heavy (non-hydrogen) atoms. The van der Waals surface area contributed by atoms with Crippen LogP contribution in [-0.4, -0.2) is 49.1 Å². The van der Waals surface area contributed by atoms with Crippen LogP contribution in [0.25, 0.3) is 0 Å². The number of hydrogen-bond donors (Lipinski definition) is 1. The summed E-state index contributed by atoms with van der Waals surface area (Å²) in [5.41, 5.74) is -0.971. The van der Waals surface area contributed by atoms with Crippen molar-refractivity contribution in [3.8, 4) is 0 Å². The van der Waals surface area contributed by atoms with Crippen molar-refractivity contribution in [2.75, 3.05) is 26.2 Å². The minimum absolute atomic E-state index is 0.0430. The lowest BCUT2D eigenvalue weighted by Crippen LogP contribution is -2.34. The fourth-order valence-electron chi connectivity index (χ4n) is 2.77. The van der Waals surface area contributed by atoms with Crippen LogP contribution in [0.5, 0.6) is 0 Å². The van der Waals surface area contributed by atoms with E-state index in [4.69, 9.17) is 4.74 Å². The second kappa shape index (κ2) is 12.6. The van der Waals surface area contributed by atoms with Gasteiger partial charge in [0.1, 0.15) is 0 Å². The third kappa shape index (κ3) is 9.61. The number of amidine groups is 1. The number of hydrogen-bond acceptors (Lipinski definition) is 4. The standard InChI is InChI=1S/C22H34F3N3O2/c1-6-28(7-2)13-9-10-17(5)26-21(30-15-16(3)4)27-20(29)18-11-8-12-19(14-18)22(23,24)25/h8,11-12,14,16-17H,6-7,9-10,13,15H2,1-5H3,(H,26,27,29)/t17-/m1/s1. The van der Waals surface area contributed by atoms with Crippen molar-refractivity contribution in [3.05, 3.63) is 35.4 Å². The van der Waals surface area contributed by atoms with Gasteiger partial charge in [-0.2, -0.15) is 13.2 Å². The second-order valence-corrected chi connectivity index (χ2v) is 7.69. The van der Waals surface area contributed by atoms with Crippen molar-refractivity contribution < 1.29 is 22.7 Å². The lowest BCUT2D eigenvalue weighted by Gasteiger charge is -2.19. The maximum absolute atomic E-state index is 12.9. The van der Waals surface area contributed by atoms with E-state index in [1.165, 1.54) is 12.1 Å². The Morgan fingerprint density at radius 1 is 1.20 bits per heavy atom. The van der Waals surface area contributed by atoms with Crippen LogP contribution in [0.1, 0.15) is 63.4 Å². The molecule has 0 aromatic heterocycles. The normalized spacial score (nSPS) is 13.6. The minimum atomic E-state index is -4.51. The molecule has 8 heteroatoms. The van der Waals surface area contributed by atoms with Crippen molar-refractivity contribution in [2.24, 2.45) is 10.9 Å². The molecule has 0 saturated heterocycles. The van der Waals surface area contributed by atoms with Gasteiger partial charge in [0.15, 0.2) is 0 Å². The van der Waals surface area contributed by atoms with Crippen molar-refractivity contribution in [1.29, 1.82) is 0 Å². The molecule has 0 radical (unpaired) electrons. The van der Waals surface area contributed by atoms with Crippen LogP contribution < -0.4 is 5.32 Å². The van der Waals surface area contributed by atoms with Gasteiger partial charge in [-0.05, 0) is 63.5 Å². The van der Waals surface area contributed by atoms with Crippen LogP contribution >= 0.6 is 0 Å². The van der Waals surface area contributed by atoms with Crippen molar-refractivity contribution in [1.82, 2.24) is 10.2 Å². The van der Waals surface area contributed by atoms with E-state index in [0.29, 0.717) is 6.61 Å². The zero-order chi connectivity index (χ0) is 22.7. The molecule has 1 atom stereocenters. The van der Waals surface area contributed by atoms with Crippen molar-refractivity contribution in [3.63, 3.8) is 0 Å². The fourth-order valence-corrected chi connectivity index (χ4v) is 2.77. The Bertz CT molecular complexity index is 686. The first-order chi connectivity index (χ1) is 14.1. The van der Waals surface area contributed by atoms with Gasteiger partial charge in [-0.3, -0.25) is 10.1 Å². The Morgan fingerprint density at radius 2 is 1.87 bits per heavy atom. The molecule has 0 saturated carbocycles. The summed E-state index contributed by atoms with van der Waals surface area (Å²) >= 11 is 0. The van der Waals surface area contributed by atoms with E-state index in [0.717, 1.165) is 44.6 Å². The van der Waals surface area contributed by atoms with Gasteiger partial charge in [0.05, 0.1) is 18.2 Å². The maximum atomic E-state index is 12.9. The SMILES string of the molecule is CCN(CC)CCC[C@@H](C)N=C(NC(=O)c1cccc(C(F)(F)F)c1)OCC(C)C. The van der Waals surface area contributed by atoms with Gasteiger partial charge in [0.25, 0.3) is 11.9 Å². The van der Waals surface area contributed by atoms with Crippen LogP contribution in [0, 0.1) is 5.92 Å². The summed E-state index contributed by atoms with van der Waals surface area (Å²) in [6, 6.07) is 4.24. The smallest absolute Gasteiger partial charge is 0.416 e. The van der Waals surface area contributed by atoms with E-state index in [1.807, 2.05) is 20.8 Å². The molecule has 1 rings (SSSR count). The highest BCUT2D eigenvalue weighted by Crippen LogP contribution is 2.29. The molecule has 0 aliphatic carbocycles. The zero-order valence-corrected chi connectivity index (χ0v) is 18.6. The number of ether oxygens (including phenoxy) is 1. The molecule has 0 aliphatic rings. The summed E-state index contributed by atoms with van der Waals surface area (Å²) in [6.45, 7) is 13.4. The van der Waals surface area contributed by atoms with Gasteiger partial charge in [0, 0.05) is 5.56 Å². The third-order valence-corrected chi connectivity index (χ3v) is 4.55. The van der Waals surface area contributed by atoms with Crippen LogP contribution in [0.15, 0.2) is 29.3 Å². The quantitative estimate of drug-likeness (QED) is 0.422. The lowest BCUT2D eigenvalue weighted by molar-refractivity contribution is -0.137. The molecule has 1 aromatic rings. The van der Waals surface area contributed by atoms with Gasteiger partial charge in [-0.1, -0.05) is 33.8 Å². The zero-order valence-electron chi connectivity index (χ0n) is 18.6. The van der Waals surface area contributed by atoms with Gasteiger partial charge in [0.2, 0.25) is 0 Å². The van der Waals surface area contributed by atoms with Crippen LogP contribution in [0.3, 0.4) is 0 Å². The topological polar surface area (TPSA) is 53.9 Å². The monoisotopic (exact) mass is 429 g/mol. The number of alkyl halides is 3. The predicted molar refractivity (Wildman–Crippen MR) is 114 cm³/mol. The summed E-state index contributed by atoms with van der Waals surface area (Å²) in [5.74, 6) is -0.474. The van der Waals surface area contributed by atoms with E-state index >= 15 is 0 Å². The molecule has 0 aliphatic heterocycles. The summed E-state index contributed by atoms with van der Waals surface area (Å²) in [7, 11) is 0. The number of halogens is 3. The molecule has 0 spiro atoms. The first-order valence-electron chi connectivity index (χ1n) is 10.5. The Kier molecular flexibility index (Phi) is 10.9. The van der Waals surface area contributed by atoms with Crippen LogP contribution in [-0.2, 0) is 10.9 Å². The van der Waals surface area contributed by atoms with E-state index in [-0.39, 0.29) is 23.5 Å². The molecule has 0 fully saturated rings. The highest BCUT2D eigenvalue weighted by molar-refractivity contribution is 6.04. The third-order valence-electron chi connectivity index (χ3n) is 4.55. The number of nitrogens with one attached hydrogen (secondary N) is 1. The number of rotatable bonds is 10. The Balaban J connectivity index is 2.84. The van der Waals surface area contributed by atoms with E-state index in [9.17, 15) is 18.0 Å². The fraction of sp³-hybridized carbons (Fsp3) is 0.636. The van der Waals surface area contributed by atoms with Gasteiger partial charge in [-0.15, -0.1) is 0 Å². The average Bonchev–Trinajstić information content (AvgIpc) is 2.68. The molecule has 0 bridgehead atoms. The molecule has 170 valence electrons. The Labute approximate surface area is 177 Å². The number of carbonyl (C=O) groups excluding carboxylic acids is 1. The van der Waals surface area contributed by atoms with Gasteiger partial charge < -0.3 is 9.64 Å². The number of amides is 1. The van der Waals surface area contributed by atoms with E-state index < -0.39 is 17.6 Å². The number of benzene rings is 1. The molecular weight excluding hydrogens is 395 g/mol. The van der Waals surface area contributed by atoms with E-state index in [2.05, 4.69) is 29.1 Å². The van der Waals surface area contributed by atoms with E-state index in [1.54, 1.807) is 0 Å². The highest BCUT2D eigenvalue weighted by atomic mass is 19.4. The second-order valence-electron chi connectivity index (χ2n) is 7.69. The van der Waals surface area contributed by atoms with Crippen LogP contribution in [0.4, 0.5) is 13.2 Å². The molecular formula is C22H34F3N3O2. The predicted octanol–water partition coefficient (Wildman–Crippen LogP) is 4.97. The summed E-state index contributed by atoms with van der Waals surface area (Å²) in [4.78, 5) is 19.3. The first-order valence-corrected chi connectivity index (χ1v) is 10.5. The summed E-state index contributed by atoms with van der Waals surface area (Å²) < 4.78 is 44.4.